The molecule has 0 amide bonds. The fourth-order valence-corrected chi connectivity index (χ4v) is 5.05. The molecule has 0 radical (unpaired) electrons. The zero-order valence-corrected chi connectivity index (χ0v) is 15.3. The van der Waals surface area contributed by atoms with E-state index in [9.17, 15) is 15.3 Å². The van der Waals surface area contributed by atoms with Crippen LogP contribution in [0.4, 0.5) is 5.82 Å². The largest absolute Gasteiger partial charge is 0.394 e. The molecule has 3 fully saturated rings. The van der Waals surface area contributed by atoms with Gasteiger partial charge in [-0.1, -0.05) is 6.42 Å². The van der Waals surface area contributed by atoms with Crippen LogP contribution < -0.4 is 5.32 Å². The van der Waals surface area contributed by atoms with E-state index < -0.39 is 31.1 Å². The fraction of sp³-hybridized carbons (Fsp3) is 0.706. The van der Waals surface area contributed by atoms with Crippen LogP contribution in [0.15, 0.2) is 6.33 Å². The molecule has 7 atom stereocenters. The van der Waals surface area contributed by atoms with E-state index in [0.29, 0.717) is 28.9 Å². The number of aromatic nitrogens is 4. The molecule has 5 rings (SSSR count). The van der Waals surface area contributed by atoms with Crippen LogP contribution in [-0.2, 0) is 4.74 Å². The molecule has 27 heavy (non-hydrogen) atoms. The molecule has 2 saturated carbocycles. The first-order chi connectivity index (χ1) is 13.0. The monoisotopic (exact) mass is 395 g/mol. The normalized spacial score (nSPS) is 38.1. The number of hydrogen-bond acceptors (Lipinski definition) is 8. The van der Waals surface area contributed by atoms with Gasteiger partial charge in [0.2, 0.25) is 5.28 Å². The van der Waals surface area contributed by atoms with E-state index in [1.54, 1.807) is 0 Å². The highest BCUT2D eigenvalue weighted by Crippen LogP contribution is 2.45. The number of hydrogen-bond donors (Lipinski definition) is 4. The maximum absolute atomic E-state index is 10.3. The minimum Gasteiger partial charge on any atom is -0.394 e. The summed E-state index contributed by atoms with van der Waals surface area (Å²) < 4.78 is 7.12. The van der Waals surface area contributed by atoms with Gasteiger partial charge in [-0.25, -0.2) is 4.98 Å². The number of nitrogens with one attached hydrogen (secondary N) is 1. The zero-order chi connectivity index (χ0) is 18.7. The van der Waals surface area contributed by atoms with Gasteiger partial charge in [0.25, 0.3) is 0 Å². The summed E-state index contributed by atoms with van der Waals surface area (Å²) in [6.07, 6.45) is 2.23. The molecule has 10 heteroatoms. The van der Waals surface area contributed by atoms with E-state index in [1.807, 2.05) is 0 Å². The van der Waals surface area contributed by atoms with Crippen molar-refractivity contribution in [1.82, 2.24) is 19.5 Å². The maximum Gasteiger partial charge on any atom is 0.226 e. The minimum atomic E-state index is -1.21. The summed E-state index contributed by atoms with van der Waals surface area (Å²) in [6.45, 7) is -0.395. The first-order valence-electron chi connectivity index (χ1n) is 9.34. The Hall–Kier alpha value is -1.52. The van der Waals surface area contributed by atoms with Crippen molar-refractivity contribution in [2.45, 2.75) is 56.3 Å². The van der Waals surface area contributed by atoms with Crippen molar-refractivity contribution in [3.8, 4) is 0 Å². The lowest BCUT2D eigenvalue weighted by molar-refractivity contribution is -0.0511. The average Bonchev–Trinajstić information content (AvgIpc) is 3.41. The van der Waals surface area contributed by atoms with E-state index in [1.165, 1.54) is 30.2 Å². The highest BCUT2D eigenvalue weighted by Gasteiger charge is 2.44. The van der Waals surface area contributed by atoms with Crippen LogP contribution in [-0.4, -0.2) is 65.8 Å². The predicted molar refractivity (Wildman–Crippen MR) is 96.2 cm³/mol. The highest BCUT2D eigenvalue weighted by molar-refractivity contribution is 6.28. The Balaban J connectivity index is 1.48. The molecule has 2 aliphatic carbocycles. The molecule has 9 nitrogen and oxygen atoms in total. The van der Waals surface area contributed by atoms with E-state index >= 15 is 0 Å². The molecule has 0 spiro atoms. The van der Waals surface area contributed by atoms with Gasteiger partial charge in [0.1, 0.15) is 18.3 Å². The van der Waals surface area contributed by atoms with E-state index in [0.717, 1.165) is 12.3 Å². The number of ether oxygens (including phenoxy) is 1. The first-order valence-corrected chi connectivity index (χ1v) is 9.72. The molecule has 3 aliphatic rings. The quantitative estimate of drug-likeness (QED) is 0.557. The second-order valence-electron chi connectivity index (χ2n) is 7.82. The summed E-state index contributed by atoms with van der Waals surface area (Å²) in [7, 11) is 0. The summed E-state index contributed by atoms with van der Waals surface area (Å²) >= 11 is 6.15. The van der Waals surface area contributed by atoms with Crippen molar-refractivity contribution in [2.75, 3.05) is 11.9 Å². The van der Waals surface area contributed by atoms with Gasteiger partial charge in [-0.15, -0.1) is 0 Å². The zero-order valence-electron chi connectivity index (χ0n) is 14.6. The SMILES string of the molecule is OC[C@H]1O[C@@H](n2cnc3c(NC4CC5CCC4C5)nc(Cl)nc32)[C@@H](O)[C@H]1O. The Morgan fingerprint density at radius 3 is 2.74 bits per heavy atom. The van der Waals surface area contributed by atoms with Crippen LogP contribution in [0.25, 0.3) is 11.2 Å². The van der Waals surface area contributed by atoms with Crippen LogP contribution in [0.1, 0.15) is 31.9 Å². The van der Waals surface area contributed by atoms with Crippen molar-refractivity contribution in [3.05, 3.63) is 11.6 Å². The average molecular weight is 396 g/mol. The number of halogens is 1. The van der Waals surface area contributed by atoms with Crippen LogP contribution in [0.2, 0.25) is 5.28 Å². The van der Waals surface area contributed by atoms with E-state index in [4.69, 9.17) is 16.3 Å². The molecular weight excluding hydrogens is 374 g/mol. The molecule has 1 saturated heterocycles. The second kappa shape index (κ2) is 6.52. The molecule has 3 heterocycles. The van der Waals surface area contributed by atoms with Crippen molar-refractivity contribution in [3.63, 3.8) is 0 Å². The Labute approximate surface area is 160 Å². The van der Waals surface area contributed by atoms with Crippen molar-refractivity contribution in [1.29, 1.82) is 0 Å². The molecule has 146 valence electrons. The standard InChI is InChI=1S/C17H22ClN5O4/c18-17-21-14(20-9-4-7-1-2-8(9)3-7)11-15(22-17)23(6-19-11)16-13(26)12(25)10(5-24)27-16/h6-10,12-13,16,24-26H,1-5H2,(H,20,21,22)/t7?,8?,9?,10-,12+,13+,16-/m1/s1. The van der Waals surface area contributed by atoms with Crippen molar-refractivity contribution < 1.29 is 20.1 Å². The topological polar surface area (TPSA) is 126 Å². The molecule has 2 aromatic heterocycles. The summed E-state index contributed by atoms with van der Waals surface area (Å²) in [6, 6.07) is 0.358. The molecule has 3 unspecified atom stereocenters. The van der Waals surface area contributed by atoms with Gasteiger partial charge < -0.3 is 25.4 Å². The van der Waals surface area contributed by atoms with E-state index in [-0.39, 0.29) is 5.28 Å². The Kier molecular flexibility index (Phi) is 4.25. The third kappa shape index (κ3) is 2.80. The smallest absolute Gasteiger partial charge is 0.226 e. The second-order valence-corrected chi connectivity index (χ2v) is 8.16. The molecule has 4 N–H and O–H groups in total. The van der Waals surface area contributed by atoms with Gasteiger partial charge in [0.05, 0.1) is 12.9 Å². The minimum absolute atomic E-state index is 0.0710. The first kappa shape index (κ1) is 17.6. The van der Waals surface area contributed by atoms with Crippen LogP contribution in [0, 0.1) is 11.8 Å². The fourth-order valence-electron chi connectivity index (χ4n) is 4.88. The molecule has 0 aromatic carbocycles. The summed E-state index contributed by atoms with van der Waals surface area (Å²) in [5, 5.41) is 33.2. The number of aliphatic hydroxyl groups is 3. The number of anilines is 1. The van der Waals surface area contributed by atoms with Crippen molar-refractivity contribution >= 4 is 28.6 Å². The number of fused-ring (bicyclic) bond motifs is 3. The lowest BCUT2D eigenvalue weighted by Gasteiger charge is -2.23. The summed E-state index contributed by atoms with van der Waals surface area (Å²) in [5.74, 6) is 2.02. The Morgan fingerprint density at radius 1 is 1.22 bits per heavy atom. The van der Waals surface area contributed by atoms with Crippen molar-refractivity contribution in [2.24, 2.45) is 11.8 Å². The molecular formula is C17H22ClN5O4. The van der Waals surface area contributed by atoms with Crippen LogP contribution in [0.3, 0.4) is 0 Å². The van der Waals surface area contributed by atoms with Gasteiger partial charge in [-0.05, 0) is 42.7 Å². The maximum atomic E-state index is 10.3. The van der Waals surface area contributed by atoms with Gasteiger partial charge in [-0.3, -0.25) is 4.57 Å². The lowest BCUT2D eigenvalue weighted by Crippen LogP contribution is -2.33. The van der Waals surface area contributed by atoms with Crippen LogP contribution >= 0.6 is 11.6 Å². The Bertz CT molecular complexity index is 863. The molecule has 2 aromatic rings. The van der Waals surface area contributed by atoms with Crippen LogP contribution in [0.5, 0.6) is 0 Å². The number of nitrogens with zero attached hydrogens (tertiary/aromatic N) is 4. The Morgan fingerprint density at radius 2 is 2.07 bits per heavy atom. The molecule has 2 bridgehead atoms. The lowest BCUT2D eigenvalue weighted by atomic mass is 9.95. The van der Waals surface area contributed by atoms with Gasteiger partial charge >= 0.3 is 0 Å². The highest BCUT2D eigenvalue weighted by atomic mass is 35.5. The van der Waals surface area contributed by atoms with Gasteiger partial charge in [-0.2, -0.15) is 9.97 Å². The van der Waals surface area contributed by atoms with E-state index in [2.05, 4.69) is 20.3 Å². The number of imidazole rings is 1. The summed E-state index contributed by atoms with van der Waals surface area (Å²) in [5.41, 5.74) is 0.954. The van der Waals surface area contributed by atoms with Gasteiger partial charge in [0, 0.05) is 6.04 Å². The predicted octanol–water partition coefficient (Wildman–Crippen LogP) is 0.692. The number of aliphatic hydroxyl groups excluding tert-OH is 3. The van der Waals surface area contributed by atoms with Gasteiger partial charge in [0.15, 0.2) is 23.2 Å². The third-order valence-corrected chi connectivity index (χ3v) is 6.41. The summed E-state index contributed by atoms with van der Waals surface area (Å²) in [4.78, 5) is 13.0. The molecule has 1 aliphatic heterocycles. The third-order valence-electron chi connectivity index (χ3n) is 6.25. The number of rotatable bonds is 4.